The lowest BCUT2D eigenvalue weighted by atomic mass is 10.2. The molecule has 2 aromatic carbocycles. The van der Waals surface area contributed by atoms with E-state index in [1.165, 1.54) is 0 Å². The Balaban J connectivity index is 1.41. The predicted molar refractivity (Wildman–Crippen MR) is 115 cm³/mol. The minimum absolute atomic E-state index is 0.0579. The van der Waals surface area contributed by atoms with Gasteiger partial charge >= 0.3 is 0 Å². The van der Waals surface area contributed by atoms with Crippen LogP contribution in [0.4, 0.5) is 0 Å². The summed E-state index contributed by atoms with van der Waals surface area (Å²) in [5.41, 5.74) is 1.97. The molecule has 3 rings (SSSR count). The van der Waals surface area contributed by atoms with Gasteiger partial charge in [-0.15, -0.1) is 0 Å². The molecule has 0 aliphatic rings. The molecular formula is C24H26N2O4. The first-order valence-corrected chi connectivity index (χ1v) is 9.97. The number of carbonyl (C=O) groups is 1. The van der Waals surface area contributed by atoms with Gasteiger partial charge in [0.05, 0.1) is 6.61 Å². The van der Waals surface area contributed by atoms with Gasteiger partial charge in [0, 0.05) is 18.8 Å². The lowest BCUT2D eigenvalue weighted by molar-refractivity contribution is -0.123. The normalized spacial score (nSPS) is 10.3. The Hall–Kier alpha value is -3.54. The Morgan fingerprint density at radius 1 is 0.900 bits per heavy atom. The summed E-state index contributed by atoms with van der Waals surface area (Å²) in [5.74, 6) is 1.73. The highest BCUT2D eigenvalue weighted by Gasteiger charge is 2.05. The third-order valence-corrected chi connectivity index (χ3v) is 4.18. The van der Waals surface area contributed by atoms with Crippen LogP contribution in [0, 0.1) is 0 Å². The van der Waals surface area contributed by atoms with Crippen molar-refractivity contribution in [2.75, 3.05) is 13.2 Å². The van der Waals surface area contributed by atoms with Crippen LogP contribution in [0.1, 0.15) is 24.5 Å². The van der Waals surface area contributed by atoms with Crippen LogP contribution in [0.2, 0.25) is 0 Å². The summed E-state index contributed by atoms with van der Waals surface area (Å²) in [6.45, 7) is 3.49. The molecule has 0 aliphatic heterocycles. The van der Waals surface area contributed by atoms with Gasteiger partial charge in [-0.05, 0) is 47.9 Å². The molecule has 0 fully saturated rings. The van der Waals surface area contributed by atoms with E-state index in [2.05, 4.69) is 17.2 Å². The maximum atomic E-state index is 12.1. The zero-order valence-corrected chi connectivity index (χ0v) is 17.0. The van der Waals surface area contributed by atoms with E-state index in [0.29, 0.717) is 31.4 Å². The van der Waals surface area contributed by atoms with Crippen LogP contribution in [0.3, 0.4) is 0 Å². The third kappa shape index (κ3) is 7.13. The average Bonchev–Trinajstić information content (AvgIpc) is 2.80. The second-order valence-corrected chi connectivity index (χ2v) is 6.66. The van der Waals surface area contributed by atoms with Gasteiger partial charge in [0.25, 0.3) is 5.91 Å². The molecule has 1 heterocycles. The molecule has 30 heavy (non-hydrogen) atoms. The Morgan fingerprint density at radius 3 is 2.37 bits per heavy atom. The Labute approximate surface area is 176 Å². The van der Waals surface area contributed by atoms with E-state index in [9.17, 15) is 4.79 Å². The van der Waals surface area contributed by atoms with Gasteiger partial charge in [-0.1, -0.05) is 37.3 Å². The monoisotopic (exact) mass is 406 g/mol. The van der Waals surface area contributed by atoms with E-state index < -0.39 is 0 Å². The molecule has 3 aromatic rings. The van der Waals surface area contributed by atoms with Gasteiger partial charge in [-0.25, -0.2) is 4.98 Å². The molecule has 156 valence electrons. The molecule has 0 radical (unpaired) electrons. The second kappa shape index (κ2) is 11.5. The van der Waals surface area contributed by atoms with E-state index in [1.807, 2.05) is 54.6 Å². The number of nitrogens with one attached hydrogen (secondary N) is 1. The fourth-order valence-corrected chi connectivity index (χ4v) is 2.62. The number of rotatable bonds is 11. The standard InChI is InChI=1S/C24H26N2O4/c1-2-14-28-21-8-10-22(11-9-21)29-18-23(27)26-16-20-12-13-25-24(15-20)30-17-19-6-4-3-5-7-19/h3-13,15H,2,14,16-18H2,1H3,(H,26,27). The molecular weight excluding hydrogens is 380 g/mol. The summed E-state index contributed by atoms with van der Waals surface area (Å²) < 4.78 is 16.8. The Morgan fingerprint density at radius 2 is 1.63 bits per heavy atom. The predicted octanol–water partition coefficient (Wildman–Crippen LogP) is 4.14. The Bertz CT molecular complexity index is 914. The number of ether oxygens (including phenoxy) is 3. The Kier molecular flexibility index (Phi) is 8.09. The fourth-order valence-electron chi connectivity index (χ4n) is 2.62. The minimum Gasteiger partial charge on any atom is -0.494 e. The van der Waals surface area contributed by atoms with Crippen LogP contribution >= 0.6 is 0 Å². The largest absolute Gasteiger partial charge is 0.494 e. The van der Waals surface area contributed by atoms with Crippen molar-refractivity contribution in [3.63, 3.8) is 0 Å². The van der Waals surface area contributed by atoms with Gasteiger partial charge in [0.2, 0.25) is 5.88 Å². The highest BCUT2D eigenvalue weighted by molar-refractivity contribution is 5.77. The first kappa shape index (κ1) is 21.2. The summed E-state index contributed by atoms with van der Waals surface area (Å²) in [5, 5.41) is 2.84. The molecule has 1 amide bonds. The summed E-state index contributed by atoms with van der Waals surface area (Å²) in [4.78, 5) is 16.3. The van der Waals surface area contributed by atoms with E-state index in [-0.39, 0.29) is 12.5 Å². The number of carbonyl (C=O) groups excluding carboxylic acids is 1. The van der Waals surface area contributed by atoms with Crippen LogP contribution in [-0.2, 0) is 17.9 Å². The van der Waals surface area contributed by atoms with E-state index >= 15 is 0 Å². The molecule has 6 nitrogen and oxygen atoms in total. The van der Waals surface area contributed by atoms with Crippen molar-refractivity contribution < 1.29 is 19.0 Å². The molecule has 1 aromatic heterocycles. The van der Waals surface area contributed by atoms with Crippen LogP contribution in [0.15, 0.2) is 72.9 Å². The number of benzene rings is 2. The first-order chi connectivity index (χ1) is 14.7. The third-order valence-electron chi connectivity index (χ3n) is 4.18. The molecule has 0 unspecified atom stereocenters. The smallest absolute Gasteiger partial charge is 0.258 e. The number of aromatic nitrogens is 1. The van der Waals surface area contributed by atoms with Crippen LogP contribution in [0.5, 0.6) is 17.4 Å². The van der Waals surface area contributed by atoms with E-state index in [0.717, 1.165) is 23.3 Å². The van der Waals surface area contributed by atoms with Gasteiger partial charge in [-0.3, -0.25) is 4.79 Å². The van der Waals surface area contributed by atoms with E-state index in [4.69, 9.17) is 14.2 Å². The molecule has 0 saturated heterocycles. The first-order valence-electron chi connectivity index (χ1n) is 9.97. The lowest BCUT2D eigenvalue weighted by Gasteiger charge is -2.10. The van der Waals surface area contributed by atoms with Gasteiger partial charge < -0.3 is 19.5 Å². The van der Waals surface area contributed by atoms with Crippen LogP contribution < -0.4 is 19.5 Å². The summed E-state index contributed by atoms with van der Waals surface area (Å²) in [6, 6.07) is 20.8. The molecule has 1 N–H and O–H groups in total. The van der Waals surface area contributed by atoms with Crippen LogP contribution in [-0.4, -0.2) is 24.1 Å². The van der Waals surface area contributed by atoms with Crippen molar-refractivity contribution in [3.05, 3.63) is 84.1 Å². The fraction of sp³-hybridized carbons (Fsp3) is 0.250. The summed E-state index contributed by atoms with van der Waals surface area (Å²) in [7, 11) is 0. The van der Waals surface area contributed by atoms with Crippen molar-refractivity contribution in [3.8, 4) is 17.4 Å². The van der Waals surface area contributed by atoms with Crippen molar-refractivity contribution in [1.29, 1.82) is 0 Å². The van der Waals surface area contributed by atoms with Crippen molar-refractivity contribution in [2.45, 2.75) is 26.5 Å². The van der Waals surface area contributed by atoms with Gasteiger partial charge in [0.1, 0.15) is 18.1 Å². The van der Waals surface area contributed by atoms with Gasteiger partial charge in [0.15, 0.2) is 6.61 Å². The highest BCUT2D eigenvalue weighted by Crippen LogP contribution is 2.17. The number of nitrogens with zero attached hydrogens (tertiary/aromatic N) is 1. The maximum absolute atomic E-state index is 12.1. The average molecular weight is 406 g/mol. The topological polar surface area (TPSA) is 69.7 Å². The van der Waals surface area contributed by atoms with Crippen molar-refractivity contribution in [1.82, 2.24) is 10.3 Å². The summed E-state index contributed by atoms with van der Waals surface area (Å²) in [6.07, 6.45) is 2.62. The maximum Gasteiger partial charge on any atom is 0.258 e. The van der Waals surface area contributed by atoms with Gasteiger partial charge in [-0.2, -0.15) is 0 Å². The molecule has 0 bridgehead atoms. The highest BCUT2D eigenvalue weighted by atomic mass is 16.5. The number of amides is 1. The molecule has 0 spiro atoms. The lowest BCUT2D eigenvalue weighted by Crippen LogP contribution is -2.28. The molecule has 6 heteroatoms. The zero-order chi connectivity index (χ0) is 21.0. The number of pyridine rings is 1. The molecule has 0 saturated carbocycles. The zero-order valence-electron chi connectivity index (χ0n) is 17.0. The molecule has 0 atom stereocenters. The van der Waals surface area contributed by atoms with Crippen molar-refractivity contribution in [2.24, 2.45) is 0 Å². The number of hydrogen-bond donors (Lipinski definition) is 1. The molecule has 0 aliphatic carbocycles. The second-order valence-electron chi connectivity index (χ2n) is 6.66. The van der Waals surface area contributed by atoms with Crippen LogP contribution in [0.25, 0.3) is 0 Å². The van der Waals surface area contributed by atoms with Crippen molar-refractivity contribution >= 4 is 5.91 Å². The quantitative estimate of drug-likeness (QED) is 0.518. The SMILES string of the molecule is CCCOc1ccc(OCC(=O)NCc2ccnc(OCc3ccccc3)c2)cc1. The summed E-state index contributed by atoms with van der Waals surface area (Å²) >= 11 is 0. The minimum atomic E-state index is -0.204. The van der Waals surface area contributed by atoms with E-state index in [1.54, 1.807) is 18.3 Å². The number of hydrogen-bond acceptors (Lipinski definition) is 5.